The molecule has 170 valence electrons. The average Bonchev–Trinajstić information content (AvgIpc) is 3.20. The maximum absolute atomic E-state index is 13.4. The summed E-state index contributed by atoms with van der Waals surface area (Å²) < 4.78 is 11.4. The Morgan fingerprint density at radius 1 is 1.12 bits per heavy atom. The minimum atomic E-state index is -0.351. The van der Waals surface area contributed by atoms with Crippen molar-refractivity contribution in [2.75, 3.05) is 6.54 Å². The number of H-pyrrole nitrogens is 1. The Bertz CT molecular complexity index is 1200. The zero-order valence-corrected chi connectivity index (χ0v) is 18.7. The predicted molar refractivity (Wildman–Crippen MR) is 123 cm³/mol. The molecule has 0 amide bonds. The Kier molecular flexibility index (Phi) is 4.98. The van der Waals surface area contributed by atoms with Crippen LogP contribution in [0.2, 0.25) is 0 Å². The van der Waals surface area contributed by atoms with E-state index in [4.69, 9.17) is 9.47 Å². The highest BCUT2D eigenvalue weighted by Crippen LogP contribution is 2.48. The van der Waals surface area contributed by atoms with Gasteiger partial charge in [-0.2, -0.15) is 0 Å². The molecule has 0 unspecified atom stereocenters. The summed E-state index contributed by atoms with van der Waals surface area (Å²) in [6.07, 6.45) is 1.78. The second kappa shape index (κ2) is 8.03. The Labute approximate surface area is 192 Å². The van der Waals surface area contributed by atoms with E-state index in [1.54, 1.807) is 0 Å². The molecule has 3 aliphatic rings. The topological polar surface area (TPSA) is 71.6 Å². The maximum atomic E-state index is 13.4. The lowest BCUT2D eigenvalue weighted by atomic mass is 9.72. The highest BCUT2D eigenvalue weighted by Gasteiger charge is 2.50. The number of aromatic amines is 1. The summed E-state index contributed by atoms with van der Waals surface area (Å²) in [5, 5.41) is 1.17. The van der Waals surface area contributed by atoms with Crippen LogP contribution in [0.15, 0.2) is 54.6 Å². The molecule has 6 heteroatoms. The summed E-state index contributed by atoms with van der Waals surface area (Å²) in [6, 6.07) is 17.8. The molecule has 1 aromatic heterocycles. The van der Waals surface area contributed by atoms with Crippen molar-refractivity contribution in [3.05, 3.63) is 71.4 Å². The van der Waals surface area contributed by atoms with E-state index in [1.165, 1.54) is 16.6 Å². The smallest absolute Gasteiger partial charge is 0.324 e. The molecule has 0 spiro atoms. The third-order valence-electron chi connectivity index (χ3n) is 7.78. The van der Waals surface area contributed by atoms with Gasteiger partial charge in [0.25, 0.3) is 0 Å². The van der Waals surface area contributed by atoms with Gasteiger partial charge in [-0.15, -0.1) is 0 Å². The molecule has 1 N–H and O–H groups in total. The van der Waals surface area contributed by atoms with Gasteiger partial charge in [0, 0.05) is 41.9 Å². The molecule has 33 heavy (non-hydrogen) atoms. The van der Waals surface area contributed by atoms with Gasteiger partial charge in [0.2, 0.25) is 0 Å². The van der Waals surface area contributed by atoms with Crippen molar-refractivity contribution in [3.8, 4) is 0 Å². The predicted octanol–water partition coefficient (Wildman–Crippen LogP) is 4.15. The van der Waals surface area contributed by atoms with Crippen molar-refractivity contribution in [2.24, 2.45) is 11.8 Å². The molecule has 0 radical (unpaired) electrons. The molecule has 6 nitrogen and oxygen atoms in total. The van der Waals surface area contributed by atoms with Crippen LogP contribution in [0.3, 0.4) is 0 Å². The van der Waals surface area contributed by atoms with Crippen LogP contribution in [-0.2, 0) is 32.1 Å². The highest BCUT2D eigenvalue weighted by atomic mass is 16.5. The minimum Gasteiger partial charge on any atom is -0.462 e. The number of hydrogen-bond donors (Lipinski definition) is 1. The highest BCUT2D eigenvalue weighted by molar-refractivity contribution is 5.87. The van der Waals surface area contributed by atoms with Gasteiger partial charge in [-0.1, -0.05) is 48.5 Å². The Morgan fingerprint density at radius 3 is 2.76 bits per heavy atom. The Hall–Kier alpha value is -3.12. The van der Waals surface area contributed by atoms with Crippen LogP contribution in [-0.4, -0.2) is 40.5 Å². The number of ether oxygens (including phenoxy) is 2. The average molecular weight is 445 g/mol. The molecular weight excluding hydrogens is 416 g/mol. The number of piperidine rings is 1. The first-order valence-electron chi connectivity index (χ1n) is 11.8. The first-order valence-corrected chi connectivity index (χ1v) is 11.8. The van der Waals surface area contributed by atoms with Gasteiger partial charge in [-0.25, -0.2) is 0 Å². The number of benzene rings is 2. The summed E-state index contributed by atoms with van der Waals surface area (Å²) in [5.74, 6) is 0.206. The van der Waals surface area contributed by atoms with E-state index in [0.717, 1.165) is 24.0 Å². The van der Waals surface area contributed by atoms with Gasteiger partial charge in [-0.05, 0) is 36.5 Å². The normalized spacial score (nSPS) is 29.0. The third-order valence-corrected chi connectivity index (χ3v) is 7.78. The number of carbonyl (C=O) groups excluding carboxylic acids is 2. The van der Waals surface area contributed by atoms with Crippen molar-refractivity contribution in [2.45, 2.75) is 51.0 Å². The lowest BCUT2D eigenvalue weighted by molar-refractivity contribution is -0.172. The van der Waals surface area contributed by atoms with Crippen molar-refractivity contribution >= 4 is 22.8 Å². The van der Waals surface area contributed by atoms with E-state index >= 15 is 0 Å². The lowest BCUT2D eigenvalue weighted by Gasteiger charge is -2.51. The van der Waals surface area contributed by atoms with E-state index in [9.17, 15) is 9.59 Å². The number of esters is 2. The van der Waals surface area contributed by atoms with Crippen LogP contribution < -0.4 is 0 Å². The van der Waals surface area contributed by atoms with Crippen molar-refractivity contribution < 1.29 is 19.1 Å². The molecule has 4 heterocycles. The van der Waals surface area contributed by atoms with Gasteiger partial charge in [-0.3, -0.25) is 14.5 Å². The number of nitrogens with zero attached hydrogens (tertiary/aromatic N) is 1. The monoisotopic (exact) mass is 444 g/mol. The molecule has 5 atom stereocenters. The van der Waals surface area contributed by atoms with E-state index in [2.05, 4.69) is 22.0 Å². The van der Waals surface area contributed by atoms with Gasteiger partial charge < -0.3 is 14.5 Å². The SMILES string of the molecule is C[C@@H]1OC(=O)C[C@H]2C[C@H]3c4[nH]c5ccccc5c4C[C@H](C(=O)OCc4ccccc4)N3C[C@@H]21. The molecule has 3 aliphatic heterocycles. The molecular formula is C27H28N2O4. The zero-order chi connectivity index (χ0) is 22.5. The van der Waals surface area contributed by atoms with Crippen LogP contribution in [0.5, 0.6) is 0 Å². The molecule has 3 aromatic rings. The zero-order valence-electron chi connectivity index (χ0n) is 18.7. The van der Waals surface area contributed by atoms with Gasteiger partial charge in [0.15, 0.2) is 0 Å². The largest absolute Gasteiger partial charge is 0.462 e. The van der Waals surface area contributed by atoms with E-state index in [0.29, 0.717) is 12.8 Å². The van der Waals surface area contributed by atoms with Crippen molar-refractivity contribution in [3.63, 3.8) is 0 Å². The number of nitrogens with one attached hydrogen (secondary N) is 1. The van der Waals surface area contributed by atoms with Crippen LogP contribution in [0, 0.1) is 11.8 Å². The van der Waals surface area contributed by atoms with Crippen LogP contribution in [0.25, 0.3) is 10.9 Å². The summed E-state index contributed by atoms with van der Waals surface area (Å²) in [5.41, 5.74) is 4.48. The van der Waals surface area contributed by atoms with Gasteiger partial charge in [0.05, 0.1) is 6.04 Å². The number of aromatic nitrogens is 1. The molecule has 6 rings (SSSR count). The second-order valence-electron chi connectivity index (χ2n) is 9.65. The molecule has 2 fully saturated rings. The van der Waals surface area contributed by atoms with Crippen molar-refractivity contribution in [1.29, 1.82) is 0 Å². The number of para-hydroxylation sites is 1. The molecule has 0 saturated carbocycles. The quantitative estimate of drug-likeness (QED) is 0.615. The number of rotatable bonds is 3. The molecule has 0 aliphatic carbocycles. The third kappa shape index (κ3) is 3.53. The lowest BCUT2D eigenvalue weighted by Crippen LogP contribution is -2.57. The molecule has 2 saturated heterocycles. The summed E-state index contributed by atoms with van der Waals surface area (Å²) in [6.45, 7) is 2.98. The second-order valence-corrected chi connectivity index (χ2v) is 9.65. The Balaban J connectivity index is 1.35. The van der Waals surface area contributed by atoms with Crippen LogP contribution in [0.4, 0.5) is 0 Å². The van der Waals surface area contributed by atoms with Crippen LogP contribution >= 0.6 is 0 Å². The maximum Gasteiger partial charge on any atom is 0.324 e. The summed E-state index contributed by atoms with van der Waals surface area (Å²) in [4.78, 5) is 31.5. The van der Waals surface area contributed by atoms with Gasteiger partial charge >= 0.3 is 11.9 Å². The van der Waals surface area contributed by atoms with E-state index in [1.807, 2.05) is 49.4 Å². The fourth-order valence-electron chi connectivity index (χ4n) is 6.15. The first kappa shape index (κ1) is 20.5. The Morgan fingerprint density at radius 2 is 1.91 bits per heavy atom. The molecule has 2 aromatic carbocycles. The van der Waals surface area contributed by atoms with E-state index in [-0.39, 0.29) is 48.6 Å². The number of hydrogen-bond acceptors (Lipinski definition) is 5. The number of carbonyl (C=O) groups is 2. The van der Waals surface area contributed by atoms with Crippen molar-refractivity contribution in [1.82, 2.24) is 9.88 Å². The number of cyclic esters (lactones) is 1. The minimum absolute atomic E-state index is 0.0646. The fraction of sp³-hybridized carbons (Fsp3) is 0.407. The van der Waals surface area contributed by atoms with Gasteiger partial charge in [0.1, 0.15) is 18.8 Å². The summed E-state index contributed by atoms with van der Waals surface area (Å²) in [7, 11) is 0. The fourth-order valence-corrected chi connectivity index (χ4v) is 6.15. The van der Waals surface area contributed by atoms with Crippen LogP contribution in [0.1, 0.15) is 42.6 Å². The molecule has 0 bridgehead atoms. The standard InChI is InChI=1S/C27H28N2O4/c1-16-21-14-29-23(11-18(21)12-25(30)33-16)26-20(19-9-5-6-10-22(19)28-26)13-24(29)27(31)32-15-17-7-3-2-4-8-17/h2-10,16,18,21,23-24,28H,11-15H2,1H3/t16-,18+,21+,23-,24+/m0/s1. The van der Waals surface area contributed by atoms with E-state index < -0.39 is 0 Å². The summed E-state index contributed by atoms with van der Waals surface area (Å²) >= 11 is 0. The number of fused-ring (bicyclic) bond motifs is 6. The first-order chi connectivity index (χ1) is 16.1.